The van der Waals surface area contributed by atoms with Crippen LogP contribution < -0.4 is 5.32 Å². The van der Waals surface area contributed by atoms with Gasteiger partial charge in [-0.1, -0.05) is 105 Å². The van der Waals surface area contributed by atoms with Gasteiger partial charge < -0.3 is 9.05 Å². The average molecular weight is 466 g/mol. The van der Waals surface area contributed by atoms with Crippen molar-refractivity contribution in [1.82, 2.24) is 5.32 Å². The number of nitrogens with one attached hydrogen (secondary N) is 1. The summed E-state index contributed by atoms with van der Waals surface area (Å²) in [5.41, 5.74) is 2.20. The lowest BCUT2D eigenvalue weighted by molar-refractivity contribution is -0.120. The zero-order chi connectivity index (χ0) is 23.9. The fraction of sp³-hybridized carbons (Fsp3) is 0.296. The molecule has 0 saturated carbocycles. The van der Waals surface area contributed by atoms with Crippen LogP contribution in [0.15, 0.2) is 91.0 Å². The van der Waals surface area contributed by atoms with Crippen LogP contribution in [0.4, 0.5) is 0 Å². The maximum Gasteiger partial charge on any atom is 0.337 e. The van der Waals surface area contributed by atoms with E-state index in [1.807, 2.05) is 68.4 Å². The van der Waals surface area contributed by atoms with Gasteiger partial charge in [0.05, 0.1) is 11.6 Å². The van der Waals surface area contributed by atoms with E-state index < -0.39 is 19.2 Å². The van der Waals surface area contributed by atoms with Gasteiger partial charge in [0.2, 0.25) is 0 Å². The van der Waals surface area contributed by atoms with E-state index >= 15 is 0 Å². The van der Waals surface area contributed by atoms with Gasteiger partial charge in [0.1, 0.15) is 6.16 Å². The first-order valence-electron chi connectivity index (χ1n) is 11.0. The Bertz CT molecular complexity index is 966. The first kappa shape index (κ1) is 25.1. The molecule has 3 aromatic carbocycles. The van der Waals surface area contributed by atoms with Crippen molar-refractivity contribution in [3.63, 3.8) is 0 Å². The summed E-state index contributed by atoms with van der Waals surface area (Å²) < 4.78 is 22.9. The van der Waals surface area contributed by atoms with Crippen LogP contribution in [0.3, 0.4) is 0 Å². The molecule has 6 heteroatoms. The molecule has 0 spiro atoms. The SMILES string of the molecule is COP(=O)(CC(=O)[C@@H](NC(c1ccccc1)(c1ccccc1)c1ccccc1)C(C)C)OC. The Labute approximate surface area is 196 Å². The molecule has 0 aliphatic carbocycles. The Balaban J connectivity index is 2.20. The van der Waals surface area contributed by atoms with Crippen molar-refractivity contribution >= 4 is 13.4 Å². The van der Waals surface area contributed by atoms with E-state index in [0.717, 1.165) is 16.7 Å². The molecular formula is C27H32NO4P. The molecule has 5 nitrogen and oxygen atoms in total. The maximum absolute atomic E-state index is 13.5. The summed E-state index contributed by atoms with van der Waals surface area (Å²) in [4.78, 5) is 13.5. The molecule has 0 unspecified atom stereocenters. The highest BCUT2D eigenvalue weighted by Crippen LogP contribution is 2.47. The molecule has 0 aliphatic heterocycles. The predicted octanol–water partition coefficient (Wildman–Crippen LogP) is 5.65. The first-order valence-corrected chi connectivity index (χ1v) is 12.8. The van der Waals surface area contributed by atoms with Crippen molar-refractivity contribution in [2.45, 2.75) is 25.4 Å². The molecule has 0 amide bonds. The highest BCUT2D eigenvalue weighted by molar-refractivity contribution is 7.54. The second-order valence-electron chi connectivity index (χ2n) is 8.31. The number of carbonyl (C=O) groups excluding carboxylic acids is 1. The minimum Gasteiger partial charge on any atom is -0.312 e. The molecule has 0 aliphatic rings. The van der Waals surface area contributed by atoms with Gasteiger partial charge in [-0.2, -0.15) is 0 Å². The van der Waals surface area contributed by atoms with Gasteiger partial charge in [0.15, 0.2) is 5.78 Å². The molecular weight excluding hydrogens is 433 g/mol. The number of Topliss-reactive ketones (excluding diaryl/α,β-unsaturated/α-hetero) is 1. The first-order chi connectivity index (χ1) is 15.9. The normalized spacial score (nSPS) is 13.1. The Hall–Kier alpha value is -2.56. The highest BCUT2D eigenvalue weighted by atomic mass is 31.2. The zero-order valence-corrected chi connectivity index (χ0v) is 20.5. The predicted molar refractivity (Wildman–Crippen MR) is 132 cm³/mol. The van der Waals surface area contributed by atoms with E-state index in [-0.39, 0.29) is 17.9 Å². The van der Waals surface area contributed by atoms with Gasteiger partial charge in [0, 0.05) is 14.2 Å². The Kier molecular flexibility index (Phi) is 8.39. The van der Waals surface area contributed by atoms with Gasteiger partial charge in [-0.25, -0.2) is 0 Å². The van der Waals surface area contributed by atoms with Crippen molar-refractivity contribution in [2.75, 3.05) is 20.4 Å². The van der Waals surface area contributed by atoms with E-state index in [2.05, 4.69) is 41.7 Å². The molecule has 3 rings (SSSR count). The second kappa shape index (κ2) is 11.0. The molecule has 0 bridgehead atoms. The van der Waals surface area contributed by atoms with E-state index in [1.165, 1.54) is 14.2 Å². The van der Waals surface area contributed by atoms with Gasteiger partial charge in [-0.15, -0.1) is 0 Å². The van der Waals surface area contributed by atoms with Crippen molar-refractivity contribution in [3.8, 4) is 0 Å². The smallest absolute Gasteiger partial charge is 0.312 e. The van der Waals surface area contributed by atoms with Crippen LogP contribution in [0.2, 0.25) is 0 Å². The van der Waals surface area contributed by atoms with Crippen LogP contribution in [-0.4, -0.2) is 32.2 Å². The summed E-state index contributed by atoms with van der Waals surface area (Å²) in [5, 5.41) is 3.70. The summed E-state index contributed by atoms with van der Waals surface area (Å²) in [6.07, 6.45) is -0.301. The molecule has 3 aromatic rings. The molecule has 33 heavy (non-hydrogen) atoms. The average Bonchev–Trinajstić information content (AvgIpc) is 2.86. The van der Waals surface area contributed by atoms with Gasteiger partial charge in [-0.05, 0) is 22.6 Å². The van der Waals surface area contributed by atoms with Crippen LogP contribution in [0.1, 0.15) is 30.5 Å². The monoisotopic (exact) mass is 465 g/mol. The lowest BCUT2D eigenvalue weighted by atomic mass is 9.75. The van der Waals surface area contributed by atoms with Crippen LogP contribution >= 0.6 is 7.60 Å². The van der Waals surface area contributed by atoms with Crippen LogP contribution in [-0.2, 0) is 23.9 Å². The molecule has 1 atom stereocenters. The molecule has 0 aromatic heterocycles. The Morgan fingerprint density at radius 3 is 1.45 bits per heavy atom. The van der Waals surface area contributed by atoms with Crippen LogP contribution in [0.5, 0.6) is 0 Å². The standard InChI is InChI=1S/C27H32NO4P/c1-21(2)26(25(29)20-33(30,31-3)32-4)28-27(22-14-8-5-9-15-22,23-16-10-6-11-17-23)24-18-12-7-13-19-24/h5-19,21,26,28H,20H2,1-4H3/t26-/m0/s1. The summed E-state index contributed by atoms with van der Waals surface area (Å²) in [7, 11) is -0.895. The third-order valence-corrected chi connectivity index (χ3v) is 7.72. The van der Waals surface area contributed by atoms with Gasteiger partial charge in [0.25, 0.3) is 0 Å². The van der Waals surface area contributed by atoms with Crippen molar-refractivity contribution in [1.29, 1.82) is 0 Å². The van der Waals surface area contributed by atoms with Crippen molar-refractivity contribution < 1.29 is 18.4 Å². The number of ketones is 1. The Morgan fingerprint density at radius 2 is 1.15 bits per heavy atom. The van der Waals surface area contributed by atoms with Crippen molar-refractivity contribution in [3.05, 3.63) is 108 Å². The number of rotatable bonds is 11. The fourth-order valence-electron chi connectivity index (χ4n) is 4.16. The van der Waals surface area contributed by atoms with E-state index in [9.17, 15) is 9.36 Å². The lowest BCUT2D eigenvalue weighted by Gasteiger charge is -2.41. The molecule has 1 N–H and O–H groups in total. The topological polar surface area (TPSA) is 64.6 Å². The van der Waals surface area contributed by atoms with Crippen LogP contribution in [0, 0.1) is 5.92 Å². The number of hydrogen-bond acceptors (Lipinski definition) is 5. The van der Waals surface area contributed by atoms with E-state index in [1.54, 1.807) is 0 Å². The third-order valence-electron chi connectivity index (χ3n) is 5.91. The zero-order valence-electron chi connectivity index (χ0n) is 19.6. The molecule has 0 radical (unpaired) electrons. The minimum absolute atomic E-state index is 0.0739. The summed E-state index contributed by atoms with van der Waals surface area (Å²) in [5.74, 6) is -0.292. The van der Waals surface area contributed by atoms with Gasteiger partial charge in [-0.3, -0.25) is 14.7 Å². The minimum atomic E-state index is -3.50. The van der Waals surface area contributed by atoms with E-state index in [4.69, 9.17) is 9.05 Å². The Morgan fingerprint density at radius 1 is 0.788 bits per heavy atom. The largest absolute Gasteiger partial charge is 0.337 e. The molecule has 0 fully saturated rings. The van der Waals surface area contributed by atoms with Gasteiger partial charge >= 0.3 is 7.60 Å². The summed E-state index contributed by atoms with van der Waals surface area (Å²) in [6, 6.07) is 29.6. The second-order valence-corrected chi connectivity index (χ2v) is 10.6. The summed E-state index contributed by atoms with van der Waals surface area (Å²) >= 11 is 0. The quantitative estimate of drug-likeness (QED) is 0.293. The highest BCUT2D eigenvalue weighted by Gasteiger charge is 2.41. The fourth-order valence-corrected chi connectivity index (χ4v) is 5.15. The number of hydrogen-bond donors (Lipinski definition) is 1. The third kappa shape index (κ3) is 5.51. The molecule has 0 heterocycles. The number of benzene rings is 3. The summed E-state index contributed by atoms with van der Waals surface area (Å²) in [6.45, 7) is 3.96. The molecule has 0 saturated heterocycles. The van der Waals surface area contributed by atoms with Crippen molar-refractivity contribution in [2.24, 2.45) is 5.92 Å². The van der Waals surface area contributed by atoms with Crippen LogP contribution in [0.25, 0.3) is 0 Å². The maximum atomic E-state index is 13.5. The number of carbonyl (C=O) groups is 1. The molecule has 174 valence electrons. The van der Waals surface area contributed by atoms with E-state index in [0.29, 0.717) is 0 Å². The lowest BCUT2D eigenvalue weighted by Crippen LogP contribution is -2.55.